The minimum Gasteiger partial charge on any atom is -0.480 e. The van der Waals surface area contributed by atoms with Crippen LogP contribution in [0.5, 0.6) is 0 Å². The Labute approximate surface area is 199 Å². The molecule has 1 aromatic carbocycles. The van der Waals surface area contributed by atoms with Gasteiger partial charge in [-0.2, -0.15) is 0 Å². The molecule has 0 bridgehead atoms. The highest BCUT2D eigenvalue weighted by Crippen LogP contribution is 2.07. The van der Waals surface area contributed by atoms with Crippen molar-refractivity contribution in [3.05, 3.63) is 35.9 Å². The zero-order valence-electron chi connectivity index (χ0n) is 19.9. The predicted molar refractivity (Wildman–Crippen MR) is 124 cm³/mol. The number of amides is 3. The molecule has 6 atom stereocenters. The van der Waals surface area contributed by atoms with Crippen LogP contribution in [0.1, 0.15) is 39.7 Å². The standard InChI is InChI=1S/C23H36N4O7/c1-12(2)10-16(24)20(30)26-18(13(3)28)22(32)25-17(11-15-8-6-5-7-9-15)21(31)27-19(14(4)29)23(33)34/h5-9,12-14,16-19,28-29H,10-11,24H2,1-4H3,(H,25,32)(H,26,30)(H,27,31)(H,33,34). The van der Waals surface area contributed by atoms with Crippen LogP contribution in [-0.2, 0) is 25.6 Å². The molecule has 8 N–H and O–H groups in total. The molecule has 0 radical (unpaired) electrons. The number of nitrogens with two attached hydrogens (primary N) is 1. The molecule has 0 aliphatic heterocycles. The molecule has 0 aliphatic carbocycles. The highest BCUT2D eigenvalue weighted by molar-refractivity contribution is 5.94. The van der Waals surface area contributed by atoms with E-state index in [2.05, 4.69) is 16.0 Å². The van der Waals surface area contributed by atoms with Crippen LogP contribution in [0.25, 0.3) is 0 Å². The normalized spacial score (nSPS) is 16.5. The van der Waals surface area contributed by atoms with Crippen molar-refractivity contribution in [2.45, 2.75) is 76.9 Å². The van der Waals surface area contributed by atoms with E-state index in [0.717, 1.165) is 0 Å². The highest BCUT2D eigenvalue weighted by atomic mass is 16.4. The van der Waals surface area contributed by atoms with Gasteiger partial charge in [0.2, 0.25) is 17.7 Å². The van der Waals surface area contributed by atoms with Crippen molar-refractivity contribution >= 4 is 23.7 Å². The summed E-state index contributed by atoms with van der Waals surface area (Å²) >= 11 is 0. The summed E-state index contributed by atoms with van der Waals surface area (Å²) in [6, 6.07) is 3.53. The molecule has 0 saturated heterocycles. The molecule has 1 aromatic rings. The largest absolute Gasteiger partial charge is 0.480 e. The number of hydrogen-bond acceptors (Lipinski definition) is 7. The maximum atomic E-state index is 13.0. The number of carboxylic acids is 1. The van der Waals surface area contributed by atoms with Crippen LogP contribution < -0.4 is 21.7 Å². The van der Waals surface area contributed by atoms with E-state index in [-0.39, 0.29) is 12.3 Å². The Bertz CT molecular complexity index is 830. The Kier molecular flexibility index (Phi) is 11.6. The fraction of sp³-hybridized carbons (Fsp3) is 0.565. The quantitative estimate of drug-likeness (QED) is 0.185. The van der Waals surface area contributed by atoms with E-state index in [1.54, 1.807) is 30.3 Å². The summed E-state index contributed by atoms with van der Waals surface area (Å²) < 4.78 is 0. The number of aliphatic hydroxyl groups is 2. The fourth-order valence-electron chi connectivity index (χ4n) is 3.24. The number of carbonyl (C=O) groups excluding carboxylic acids is 3. The third-order valence-electron chi connectivity index (χ3n) is 5.09. The molecule has 3 amide bonds. The van der Waals surface area contributed by atoms with Gasteiger partial charge in [-0.05, 0) is 31.7 Å². The van der Waals surface area contributed by atoms with Crippen molar-refractivity contribution in [2.24, 2.45) is 11.7 Å². The monoisotopic (exact) mass is 480 g/mol. The first-order valence-electron chi connectivity index (χ1n) is 11.1. The summed E-state index contributed by atoms with van der Waals surface area (Å²) in [6.07, 6.45) is -2.33. The number of carboxylic acid groups (broad SMARTS) is 1. The van der Waals surface area contributed by atoms with Gasteiger partial charge in [-0.3, -0.25) is 14.4 Å². The van der Waals surface area contributed by atoms with Crippen molar-refractivity contribution < 1.29 is 34.5 Å². The van der Waals surface area contributed by atoms with E-state index in [9.17, 15) is 34.5 Å². The molecule has 11 heteroatoms. The van der Waals surface area contributed by atoms with Crippen molar-refractivity contribution in [2.75, 3.05) is 0 Å². The van der Waals surface area contributed by atoms with E-state index in [0.29, 0.717) is 12.0 Å². The Morgan fingerprint density at radius 1 is 0.824 bits per heavy atom. The summed E-state index contributed by atoms with van der Waals surface area (Å²) in [7, 11) is 0. The van der Waals surface area contributed by atoms with Gasteiger partial charge < -0.3 is 37.0 Å². The van der Waals surface area contributed by atoms with Gasteiger partial charge in [0.1, 0.15) is 12.1 Å². The third-order valence-corrected chi connectivity index (χ3v) is 5.09. The zero-order valence-corrected chi connectivity index (χ0v) is 19.9. The number of carbonyl (C=O) groups is 4. The van der Waals surface area contributed by atoms with Crippen LogP contribution in [0.2, 0.25) is 0 Å². The van der Waals surface area contributed by atoms with Crippen molar-refractivity contribution in [3.8, 4) is 0 Å². The van der Waals surface area contributed by atoms with Crippen LogP contribution in [0.4, 0.5) is 0 Å². The first kappa shape index (κ1) is 29.0. The molecule has 34 heavy (non-hydrogen) atoms. The molecular weight excluding hydrogens is 444 g/mol. The first-order valence-corrected chi connectivity index (χ1v) is 11.1. The van der Waals surface area contributed by atoms with Gasteiger partial charge >= 0.3 is 5.97 Å². The van der Waals surface area contributed by atoms with E-state index >= 15 is 0 Å². The van der Waals surface area contributed by atoms with Crippen LogP contribution in [0.3, 0.4) is 0 Å². The Hall–Kier alpha value is -3.02. The number of hydrogen-bond donors (Lipinski definition) is 7. The molecule has 0 aliphatic rings. The second-order valence-corrected chi connectivity index (χ2v) is 8.78. The Morgan fingerprint density at radius 2 is 1.35 bits per heavy atom. The van der Waals surface area contributed by atoms with Crippen LogP contribution in [-0.4, -0.2) is 75.4 Å². The number of rotatable bonds is 13. The lowest BCUT2D eigenvalue weighted by Gasteiger charge is -2.27. The number of aliphatic hydroxyl groups excluding tert-OH is 2. The maximum Gasteiger partial charge on any atom is 0.328 e. The predicted octanol–water partition coefficient (Wildman–Crippen LogP) is -1.10. The molecule has 0 fully saturated rings. The minimum atomic E-state index is -1.59. The average molecular weight is 481 g/mol. The first-order chi connectivity index (χ1) is 15.8. The van der Waals surface area contributed by atoms with E-state index in [1.807, 2.05) is 13.8 Å². The van der Waals surface area contributed by atoms with Crippen LogP contribution >= 0.6 is 0 Å². The van der Waals surface area contributed by atoms with Gasteiger partial charge in [0, 0.05) is 6.42 Å². The maximum absolute atomic E-state index is 13.0. The van der Waals surface area contributed by atoms with Crippen molar-refractivity contribution in [1.82, 2.24) is 16.0 Å². The summed E-state index contributed by atoms with van der Waals surface area (Å²) in [5.41, 5.74) is 6.53. The molecule has 11 nitrogen and oxygen atoms in total. The molecule has 190 valence electrons. The summed E-state index contributed by atoms with van der Waals surface area (Å²) in [4.78, 5) is 49.6. The molecule has 0 spiro atoms. The van der Waals surface area contributed by atoms with Gasteiger partial charge in [-0.25, -0.2) is 4.79 Å². The van der Waals surface area contributed by atoms with Gasteiger partial charge in [0.25, 0.3) is 0 Å². The molecule has 0 aromatic heterocycles. The SMILES string of the molecule is CC(C)CC(N)C(=O)NC(C(=O)NC(Cc1ccccc1)C(=O)NC(C(=O)O)C(C)O)C(C)O. The zero-order chi connectivity index (χ0) is 26.0. The Balaban J connectivity index is 3.08. The lowest BCUT2D eigenvalue weighted by atomic mass is 10.0. The van der Waals surface area contributed by atoms with Crippen LogP contribution in [0, 0.1) is 5.92 Å². The summed E-state index contributed by atoms with van der Waals surface area (Å²) in [5.74, 6) is -3.63. The topological polar surface area (TPSA) is 191 Å². The smallest absolute Gasteiger partial charge is 0.328 e. The number of benzene rings is 1. The van der Waals surface area contributed by atoms with Gasteiger partial charge in [-0.15, -0.1) is 0 Å². The highest BCUT2D eigenvalue weighted by Gasteiger charge is 2.33. The fourth-order valence-corrected chi connectivity index (χ4v) is 3.24. The average Bonchev–Trinajstić information content (AvgIpc) is 2.74. The lowest BCUT2D eigenvalue weighted by molar-refractivity contribution is -0.145. The lowest BCUT2D eigenvalue weighted by Crippen LogP contribution is -2.60. The minimum absolute atomic E-state index is 0.00208. The van der Waals surface area contributed by atoms with E-state index < -0.39 is 60.1 Å². The van der Waals surface area contributed by atoms with Crippen LogP contribution in [0.15, 0.2) is 30.3 Å². The second-order valence-electron chi connectivity index (χ2n) is 8.78. The molecule has 0 saturated carbocycles. The van der Waals surface area contributed by atoms with Gasteiger partial charge in [0.05, 0.1) is 18.2 Å². The summed E-state index contributed by atoms with van der Waals surface area (Å²) in [5, 5.41) is 36.2. The van der Waals surface area contributed by atoms with Gasteiger partial charge in [-0.1, -0.05) is 44.2 Å². The van der Waals surface area contributed by atoms with Gasteiger partial charge in [0.15, 0.2) is 6.04 Å². The molecule has 0 heterocycles. The molecule has 6 unspecified atom stereocenters. The van der Waals surface area contributed by atoms with Crippen molar-refractivity contribution in [1.29, 1.82) is 0 Å². The van der Waals surface area contributed by atoms with Crippen molar-refractivity contribution in [3.63, 3.8) is 0 Å². The summed E-state index contributed by atoms with van der Waals surface area (Å²) in [6.45, 7) is 6.29. The molecule has 1 rings (SSSR count). The van der Waals surface area contributed by atoms with E-state index in [1.165, 1.54) is 13.8 Å². The Morgan fingerprint density at radius 3 is 1.82 bits per heavy atom. The number of aliphatic carboxylic acids is 1. The number of nitrogens with one attached hydrogen (secondary N) is 3. The second kappa shape index (κ2) is 13.6. The van der Waals surface area contributed by atoms with E-state index in [4.69, 9.17) is 5.73 Å². The third kappa shape index (κ3) is 9.46. The molecular formula is C23H36N4O7.